The second kappa shape index (κ2) is 9.46. The number of likely N-dealkylation sites (N-methyl/N-ethyl adjacent to an activating group) is 1. The van der Waals surface area contributed by atoms with Gasteiger partial charge in [-0.1, -0.05) is 18.6 Å². The number of pyridine rings is 1. The van der Waals surface area contributed by atoms with Crippen molar-refractivity contribution in [3.63, 3.8) is 0 Å². The summed E-state index contributed by atoms with van der Waals surface area (Å²) in [7, 11) is 1.89. The number of aromatic nitrogens is 2. The lowest BCUT2D eigenvalue weighted by Gasteiger charge is -2.34. The first-order chi connectivity index (χ1) is 18.6. The van der Waals surface area contributed by atoms with Crippen molar-refractivity contribution in [2.45, 2.75) is 50.6 Å². The Morgan fingerprint density at radius 2 is 1.95 bits per heavy atom. The van der Waals surface area contributed by atoms with Crippen LogP contribution < -0.4 is 5.69 Å². The molecule has 39 heavy (non-hydrogen) atoms. The number of halogens is 3. The van der Waals surface area contributed by atoms with E-state index in [9.17, 15) is 22.8 Å². The zero-order valence-corrected chi connectivity index (χ0v) is 21.7. The number of nitrogens with zero attached hydrogens (tertiary/aromatic N) is 6. The molecule has 4 heterocycles. The molecule has 11 heteroatoms. The van der Waals surface area contributed by atoms with Gasteiger partial charge in [0, 0.05) is 38.3 Å². The predicted octanol–water partition coefficient (Wildman–Crippen LogP) is 4.95. The van der Waals surface area contributed by atoms with Crippen LogP contribution in [0.2, 0.25) is 0 Å². The van der Waals surface area contributed by atoms with Crippen molar-refractivity contribution in [1.29, 1.82) is 0 Å². The summed E-state index contributed by atoms with van der Waals surface area (Å²) in [6.45, 7) is 2.27. The van der Waals surface area contributed by atoms with Crippen molar-refractivity contribution in [3.8, 4) is 5.69 Å². The monoisotopic (exact) mass is 538 g/mol. The number of hydrogen-bond donors (Lipinski definition) is 0. The second-order valence-corrected chi connectivity index (χ2v) is 10.7. The van der Waals surface area contributed by atoms with Crippen LogP contribution in [0, 0.1) is 12.1 Å². The Labute approximate surface area is 223 Å². The molecule has 0 N–H and O–H groups in total. The lowest BCUT2D eigenvalue weighted by atomic mass is 9.71. The van der Waals surface area contributed by atoms with Gasteiger partial charge in [0.15, 0.2) is 0 Å². The molecule has 3 aliphatic rings. The number of rotatable bonds is 5. The molecule has 0 unspecified atom stereocenters. The van der Waals surface area contributed by atoms with Crippen LogP contribution >= 0.6 is 0 Å². The van der Waals surface area contributed by atoms with Crippen LogP contribution in [-0.4, -0.2) is 50.8 Å². The van der Waals surface area contributed by atoms with Gasteiger partial charge in [-0.3, -0.25) is 13.8 Å². The minimum atomic E-state index is -4.65. The molecule has 2 aromatic heterocycles. The van der Waals surface area contributed by atoms with Gasteiger partial charge in [-0.15, -0.1) is 0 Å². The van der Waals surface area contributed by atoms with Gasteiger partial charge < -0.3 is 4.90 Å². The van der Waals surface area contributed by atoms with Crippen molar-refractivity contribution in [2.75, 3.05) is 20.1 Å². The van der Waals surface area contributed by atoms with Gasteiger partial charge in [-0.2, -0.15) is 13.2 Å². The van der Waals surface area contributed by atoms with Gasteiger partial charge in [-0.25, -0.2) is 9.37 Å². The fraction of sp³-hybridized carbons (Fsp3) is 0.429. The molecule has 8 nitrogen and oxygen atoms in total. The summed E-state index contributed by atoms with van der Waals surface area (Å²) >= 11 is 0. The number of imidazole rings is 1. The van der Waals surface area contributed by atoms with Crippen molar-refractivity contribution in [3.05, 3.63) is 76.1 Å². The Balaban J connectivity index is 1.44. The van der Waals surface area contributed by atoms with E-state index in [2.05, 4.69) is 10.2 Å². The summed E-state index contributed by atoms with van der Waals surface area (Å²) in [5.41, 5.74) is 0.203. The van der Waals surface area contributed by atoms with Crippen LogP contribution in [0.3, 0.4) is 0 Å². The molecule has 1 aromatic carbocycles. The zero-order chi connectivity index (χ0) is 27.5. The number of carbonyl (C=O) groups excluding carboxylic acids is 1. The minimum absolute atomic E-state index is 0.0251. The molecule has 6 rings (SSSR count). The molecule has 2 aliphatic heterocycles. The average molecular weight is 539 g/mol. The van der Waals surface area contributed by atoms with E-state index in [-0.39, 0.29) is 23.3 Å². The molecule has 1 radical (unpaired) electrons. The third-order valence-electron chi connectivity index (χ3n) is 8.35. The lowest BCUT2D eigenvalue weighted by Crippen LogP contribution is -2.29. The van der Waals surface area contributed by atoms with E-state index in [1.165, 1.54) is 23.9 Å². The van der Waals surface area contributed by atoms with Gasteiger partial charge in [-0.05, 0) is 59.6 Å². The maximum Gasteiger partial charge on any atom is 0.418 e. The normalized spacial score (nSPS) is 21.0. The standard InChI is InChI=1S/C28H29F3N6O2/c1-17(38)35-10-9-20(13-35)21-12-23(28(29,30)31)24-15-36(27(39)37(24)14-21)22-8-4-7-19(11-22)25(18-5-3-6-18)26-33-32-16-34(26)2/h4,7-8,11-12,14-16,18,20,25H,3,5-6,9-10,13H2,1-2H3/q+1/t20-,25-/m1/s1. The topological polar surface area (TPSA) is 74.4 Å². The SMILES string of the molecule is CC(=O)N1CC[C@@H](c2cc(C(F)(F)F)c3cn(-c4cccc([C@H]([C]5N=NC=[N+]5C)C5CCC5)c4)c(=O)n3c2)C1. The number of carbonyl (C=O) groups is 1. The number of hydrogen-bond acceptors (Lipinski definition) is 4. The number of fused-ring (bicyclic) bond motifs is 1. The van der Waals surface area contributed by atoms with Crippen LogP contribution in [0.1, 0.15) is 61.1 Å². The zero-order valence-electron chi connectivity index (χ0n) is 21.7. The number of likely N-dealkylation sites (tertiary alicyclic amines) is 1. The molecule has 3 aromatic rings. The Morgan fingerprint density at radius 3 is 2.56 bits per heavy atom. The van der Waals surface area contributed by atoms with E-state index in [1.807, 2.05) is 29.8 Å². The molecule has 0 bridgehead atoms. The van der Waals surface area contributed by atoms with E-state index in [0.29, 0.717) is 36.7 Å². The highest BCUT2D eigenvalue weighted by molar-refractivity contribution is 5.73. The fourth-order valence-electron chi connectivity index (χ4n) is 6.01. The molecule has 1 amide bonds. The van der Waals surface area contributed by atoms with Crippen LogP contribution in [-0.2, 0) is 11.0 Å². The first kappa shape index (κ1) is 25.5. The molecule has 2 fully saturated rings. The maximum atomic E-state index is 14.2. The molecule has 1 saturated carbocycles. The van der Waals surface area contributed by atoms with Gasteiger partial charge in [0.25, 0.3) is 0 Å². The van der Waals surface area contributed by atoms with Gasteiger partial charge in [0.2, 0.25) is 5.91 Å². The number of alkyl halides is 3. The van der Waals surface area contributed by atoms with E-state index < -0.39 is 17.4 Å². The van der Waals surface area contributed by atoms with Crippen molar-refractivity contribution in [1.82, 2.24) is 13.9 Å². The highest BCUT2D eigenvalue weighted by atomic mass is 19.4. The quantitative estimate of drug-likeness (QED) is 0.431. The minimum Gasteiger partial charge on any atom is -0.342 e. The first-order valence-electron chi connectivity index (χ1n) is 13.2. The summed E-state index contributed by atoms with van der Waals surface area (Å²) in [6, 6.07) is 8.53. The van der Waals surface area contributed by atoms with E-state index >= 15 is 0 Å². The third-order valence-corrected chi connectivity index (χ3v) is 8.35. The highest BCUT2D eigenvalue weighted by Gasteiger charge is 2.42. The first-order valence-corrected chi connectivity index (χ1v) is 13.2. The number of benzene rings is 1. The average Bonchev–Trinajstić information content (AvgIpc) is 3.59. The maximum absolute atomic E-state index is 14.2. The van der Waals surface area contributed by atoms with E-state index in [1.54, 1.807) is 17.3 Å². The third kappa shape index (κ3) is 4.47. The molecular weight excluding hydrogens is 509 g/mol. The Kier molecular flexibility index (Phi) is 6.19. The molecule has 203 valence electrons. The van der Waals surface area contributed by atoms with Gasteiger partial charge >= 0.3 is 24.4 Å². The van der Waals surface area contributed by atoms with E-state index in [4.69, 9.17) is 0 Å². The summed E-state index contributed by atoms with van der Waals surface area (Å²) in [6.07, 6.45) is 4.39. The predicted molar refractivity (Wildman–Crippen MR) is 138 cm³/mol. The van der Waals surface area contributed by atoms with Crippen LogP contribution in [0.25, 0.3) is 11.2 Å². The molecular formula is C28H29F3N6O2+. The highest BCUT2D eigenvalue weighted by Crippen LogP contribution is 2.46. The summed E-state index contributed by atoms with van der Waals surface area (Å²) < 4.78 is 46.9. The van der Waals surface area contributed by atoms with Crippen molar-refractivity contribution >= 4 is 17.8 Å². The Morgan fingerprint density at radius 1 is 1.15 bits per heavy atom. The largest absolute Gasteiger partial charge is 0.418 e. The summed E-state index contributed by atoms with van der Waals surface area (Å²) in [5, 5.41) is 8.39. The molecule has 2 atom stereocenters. The van der Waals surface area contributed by atoms with Crippen LogP contribution in [0.5, 0.6) is 0 Å². The van der Waals surface area contributed by atoms with Crippen LogP contribution in [0.4, 0.5) is 13.2 Å². The summed E-state index contributed by atoms with van der Waals surface area (Å²) in [5.74, 6) is -0.0248. The van der Waals surface area contributed by atoms with Gasteiger partial charge in [0.05, 0.1) is 34.8 Å². The summed E-state index contributed by atoms with van der Waals surface area (Å²) in [4.78, 5) is 27.0. The number of azo groups is 1. The van der Waals surface area contributed by atoms with Crippen molar-refractivity contribution < 1.29 is 22.5 Å². The second-order valence-electron chi connectivity index (χ2n) is 10.7. The molecule has 1 saturated heterocycles. The lowest BCUT2D eigenvalue weighted by molar-refractivity contribution is -0.480. The van der Waals surface area contributed by atoms with E-state index in [0.717, 1.165) is 41.5 Å². The fourth-order valence-corrected chi connectivity index (χ4v) is 6.01. The number of amides is 1. The smallest absolute Gasteiger partial charge is 0.342 e. The van der Waals surface area contributed by atoms with Gasteiger partial charge in [0.1, 0.15) is 0 Å². The molecule has 0 spiro atoms. The van der Waals surface area contributed by atoms with Crippen LogP contribution in [0.15, 0.2) is 57.7 Å². The Hall–Kier alpha value is -3.76. The van der Waals surface area contributed by atoms with Crippen molar-refractivity contribution in [2.24, 2.45) is 16.1 Å². The molecule has 1 aliphatic carbocycles. The Bertz CT molecular complexity index is 1570.